The number of nitro groups is 1. The van der Waals surface area contributed by atoms with Gasteiger partial charge in [-0.25, -0.2) is 0 Å². The molecule has 1 aliphatic heterocycles. The third-order valence-corrected chi connectivity index (χ3v) is 5.88. The van der Waals surface area contributed by atoms with E-state index in [0.29, 0.717) is 28.5 Å². The quantitative estimate of drug-likeness (QED) is 0.261. The third-order valence-electron chi connectivity index (χ3n) is 4.69. The normalized spacial score (nSPS) is 14.8. The number of amides is 2. The second kappa shape index (κ2) is 10.5. The van der Waals surface area contributed by atoms with E-state index in [1.54, 1.807) is 30.3 Å². The molecule has 0 bridgehead atoms. The second-order valence-electron chi connectivity index (χ2n) is 6.93. The maximum Gasteiger partial charge on any atom is 0.293 e. The van der Waals surface area contributed by atoms with Crippen molar-refractivity contribution in [2.45, 2.75) is 26.4 Å². The van der Waals surface area contributed by atoms with Crippen molar-refractivity contribution in [3.05, 3.63) is 67.6 Å². The fraction of sp³-hybridized carbons (Fsp3) is 0.273. The van der Waals surface area contributed by atoms with Gasteiger partial charge in [-0.15, -0.1) is 0 Å². The molecule has 0 unspecified atom stereocenters. The van der Waals surface area contributed by atoms with E-state index in [1.165, 1.54) is 24.1 Å². The highest BCUT2D eigenvalue weighted by molar-refractivity contribution is 8.18. The number of unbranched alkanes of at least 4 members (excludes halogenated alkanes) is 1. The molecule has 2 aromatic carbocycles. The molecule has 1 fully saturated rings. The lowest BCUT2D eigenvalue weighted by atomic mass is 10.1. The van der Waals surface area contributed by atoms with Gasteiger partial charge in [0.15, 0.2) is 11.5 Å². The zero-order valence-corrected chi connectivity index (χ0v) is 19.1. The van der Waals surface area contributed by atoms with Crippen molar-refractivity contribution >= 4 is 46.3 Å². The highest BCUT2D eigenvalue weighted by Crippen LogP contribution is 2.39. The number of benzene rings is 2. The summed E-state index contributed by atoms with van der Waals surface area (Å²) in [6.45, 7) is 2.52. The predicted octanol–water partition coefficient (Wildman–Crippen LogP) is 5.67. The first-order valence-electron chi connectivity index (χ1n) is 9.83. The van der Waals surface area contributed by atoms with Gasteiger partial charge in [0.1, 0.15) is 6.61 Å². The summed E-state index contributed by atoms with van der Waals surface area (Å²) in [5, 5.41) is 10.8. The van der Waals surface area contributed by atoms with Crippen LogP contribution in [0.1, 0.15) is 30.9 Å². The minimum Gasteiger partial charge on any atom is -0.493 e. The Morgan fingerprint density at radius 2 is 1.94 bits per heavy atom. The number of nitro benzene ring substituents is 1. The Balaban J connectivity index is 1.77. The average Bonchev–Trinajstić information content (AvgIpc) is 3.03. The zero-order chi connectivity index (χ0) is 23.3. The van der Waals surface area contributed by atoms with Gasteiger partial charge >= 0.3 is 0 Å². The Hall–Kier alpha value is -3.04. The summed E-state index contributed by atoms with van der Waals surface area (Å²) in [4.78, 5) is 36.5. The van der Waals surface area contributed by atoms with Crippen molar-refractivity contribution in [2.24, 2.45) is 0 Å². The van der Waals surface area contributed by atoms with Crippen LogP contribution in [0, 0.1) is 10.1 Å². The van der Waals surface area contributed by atoms with E-state index in [1.807, 2.05) is 6.92 Å². The zero-order valence-electron chi connectivity index (χ0n) is 17.5. The highest BCUT2D eigenvalue weighted by atomic mass is 35.5. The average molecular weight is 477 g/mol. The van der Waals surface area contributed by atoms with Gasteiger partial charge in [0.25, 0.3) is 16.8 Å². The van der Waals surface area contributed by atoms with Gasteiger partial charge in [0, 0.05) is 18.7 Å². The molecule has 0 atom stereocenters. The summed E-state index contributed by atoms with van der Waals surface area (Å²) >= 11 is 7.30. The molecule has 168 valence electrons. The van der Waals surface area contributed by atoms with Crippen LogP contribution in [0.2, 0.25) is 5.02 Å². The number of ether oxygens (including phenoxy) is 2. The Kier molecular flexibility index (Phi) is 7.76. The summed E-state index contributed by atoms with van der Waals surface area (Å²) in [7, 11) is 1.47. The fourth-order valence-electron chi connectivity index (χ4n) is 2.99. The molecule has 10 heteroatoms. The lowest BCUT2D eigenvalue weighted by Gasteiger charge is -2.14. The van der Waals surface area contributed by atoms with E-state index in [0.717, 1.165) is 30.2 Å². The molecule has 32 heavy (non-hydrogen) atoms. The van der Waals surface area contributed by atoms with Gasteiger partial charge in [-0.05, 0) is 59.7 Å². The minimum absolute atomic E-state index is 0.00664. The molecule has 0 saturated carbocycles. The van der Waals surface area contributed by atoms with Crippen molar-refractivity contribution in [1.82, 2.24) is 4.90 Å². The van der Waals surface area contributed by atoms with E-state index in [9.17, 15) is 19.7 Å². The van der Waals surface area contributed by atoms with Crippen molar-refractivity contribution < 1.29 is 24.0 Å². The first-order valence-corrected chi connectivity index (χ1v) is 11.0. The number of nitrogens with zero attached hydrogens (tertiary/aromatic N) is 2. The van der Waals surface area contributed by atoms with Gasteiger partial charge in [-0.2, -0.15) is 0 Å². The molecule has 0 spiro atoms. The molecule has 0 aromatic heterocycles. The molecule has 2 aromatic rings. The van der Waals surface area contributed by atoms with Gasteiger partial charge < -0.3 is 9.47 Å². The van der Waals surface area contributed by atoms with Crippen molar-refractivity contribution in [3.8, 4) is 11.5 Å². The van der Waals surface area contributed by atoms with Crippen molar-refractivity contribution in [2.75, 3.05) is 13.7 Å². The predicted molar refractivity (Wildman–Crippen MR) is 123 cm³/mol. The molecule has 1 saturated heterocycles. The standard InChI is InChI=1S/C22H21ClN2O6S/c1-3-4-9-24-21(26)19(32-22(24)27)12-15-10-17(23)20(18(11-15)30-2)31-13-14-5-7-16(8-6-14)25(28)29/h5-8,10-12H,3-4,9,13H2,1-2H3/b19-12-. The van der Waals surface area contributed by atoms with Gasteiger partial charge in [-0.1, -0.05) is 24.9 Å². The van der Waals surface area contributed by atoms with E-state index >= 15 is 0 Å². The van der Waals surface area contributed by atoms with E-state index in [4.69, 9.17) is 21.1 Å². The summed E-state index contributed by atoms with van der Waals surface area (Å²) in [5.74, 6) is 0.346. The lowest BCUT2D eigenvalue weighted by Crippen LogP contribution is -2.29. The number of rotatable bonds is 9. The first kappa shape index (κ1) is 23.6. The number of thioether (sulfide) groups is 1. The molecule has 1 heterocycles. The smallest absolute Gasteiger partial charge is 0.293 e. The molecule has 0 aliphatic carbocycles. The summed E-state index contributed by atoms with van der Waals surface area (Å²) in [6.07, 6.45) is 3.24. The topological polar surface area (TPSA) is 99.0 Å². The summed E-state index contributed by atoms with van der Waals surface area (Å²) in [6, 6.07) is 9.28. The molecular formula is C22H21ClN2O6S. The van der Waals surface area contributed by atoms with Crippen molar-refractivity contribution in [3.63, 3.8) is 0 Å². The van der Waals surface area contributed by atoms with Crippen LogP contribution in [0.5, 0.6) is 11.5 Å². The van der Waals surface area contributed by atoms with E-state index in [-0.39, 0.29) is 28.5 Å². The maximum atomic E-state index is 12.5. The van der Waals surface area contributed by atoms with Crippen LogP contribution < -0.4 is 9.47 Å². The number of halogens is 1. The largest absolute Gasteiger partial charge is 0.493 e. The molecule has 2 amide bonds. The Morgan fingerprint density at radius 1 is 1.22 bits per heavy atom. The third kappa shape index (κ3) is 5.41. The molecule has 1 aliphatic rings. The van der Waals surface area contributed by atoms with Crippen LogP contribution in [-0.2, 0) is 11.4 Å². The Bertz CT molecular complexity index is 1070. The number of carbonyl (C=O) groups is 2. The number of imide groups is 1. The Morgan fingerprint density at radius 3 is 2.56 bits per heavy atom. The van der Waals surface area contributed by atoms with Crippen LogP contribution in [0.15, 0.2) is 41.3 Å². The van der Waals surface area contributed by atoms with Crippen molar-refractivity contribution in [1.29, 1.82) is 0 Å². The van der Waals surface area contributed by atoms with Crippen LogP contribution in [0.25, 0.3) is 6.08 Å². The van der Waals surface area contributed by atoms with Crippen LogP contribution in [0.3, 0.4) is 0 Å². The number of carbonyl (C=O) groups excluding carboxylic acids is 2. The van der Waals surface area contributed by atoms with Crippen LogP contribution in [0.4, 0.5) is 10.5 Å². The molecule has 0 radical (unpaired) electrons. The number of methoxy groups -OCH3 is 1. The van der Waals surface area contributed by atoms with Crippen LogP contribution >= 0.6 is 23.4 Å². The number of hydrogen-bond donors (Lipinski definition) is 0. The monoisotopic (exact) mass is 476 g/mol. The summed E-state index contributed by atoms with van der Waals surface area (Å²) < 4.78 is 11.2. The Labute approximate surface area is 194 Å². The maximum absolute atomic E-state index is 12.5. The lowest BCUT2D eigenvalue weighted by molar-refractivity contribution is -0.384. The van der Waals surface area contributed by atoms with Gasteiger partial charge in [0.05, 0.1) is 22.0 Å². The molecule has 3 rings (SSSR count). The molecule has 0 N–H and O–H groups in total. The van der Waals surface area contributed by atoms with Crippen LogP contribution in [-0.4, -0.2) is 34.6 Å². The van der Waals surface area contributed by atoms with Gasteiger partial charge in [-0.3, -0.25) is 24.6 Å². The molecular weight excluding hydrogens is 456 g/mol. The second-order valence-corrected chi connectivity index (χ2v) is 8.33. The van der Waals surface area contributed by atoms with E-state index < -0.39 is 4.92 Å². The fourth-order valence-corrected chi connectivity index (χ4v) is 4.13. The minimum atomic E-state index is -0.470. The van der Waals surface area contributed by atoms with E-state index in [2.05, 4.69) is 0 Å². The highest BCUT2D eigenvalue weighted by Gasteiger charge is 2.34. The SMILES string of the molecule is CCCCN1C(=O)S/C(=C\c2cc(Cl)c(OCc3ccc([N+](=O)[O-])cc3)c(OC)c2)C1=O. The first-order chi connectivity index (χ1) is 15.3. The molecule has 8 nitrogen and oxygen atoms in total. The van der Waals surface area contributed by atoms with Gasteiger partial charge in [0.2, 0.25) is 0 Å². The number of hydrogen-bond acceptors (Lipinski definition) is 7. The summed E-state index contributed by atoms with van der Waals surface area (Å²) in [5.41, 5.74) is 1.31. The number of non-ortho nitro benzene ring substituents is 1.